The summed E-state index contributed by atoms with van der Waals surface area (Å²) in [5.74, 6) is -0.291. The molecule has 2 N–H and O–H groups in total. The lowest BCUT2D eigenvalue weighted by Gasteiger charge is -2.11. The molecule has 0 unspecified atom stereocenters. The number of fused-ring (bicyclic) bond motifs is 3. The number of carbonyl (C=O) groups is 1. The van der Waals surface area contributed by atoms with Crippen LogP contribution in [-0.4, -0.2) is 22.6 Å². The van der Waals surface area contributed by atoms with Crippen molar-refractivity contribution in [1.29, 1.82) is 0 Å². The summed E-state index contributed by atoms with van der Waals surface area (Å²) in [6.45, 7) is 1.91. The molecule has 2 heterocycles. The zero-order chi connectivity index (χ0) is 18.4. The average molecular weight is 392 g/mol. The molecule has 3 rings (SSSR count). The fourth-order valence-corrected chi connectivity index (χ4v) is 2.77. The normalized spacial score (nSPS) is 11.9. The van der Waals surface area contributed by atoms with Gasteiger partial charge in [0.25, 0.3) is 0 Å². The minimum Gasteiger partial charge on any atom is -0.408 e. The van der Waals surface area contributed by atoms with Crippen LogP contribution in [0.4, 0.5) is 18.0 Å². The Hall–Kier alpha value is -2.19. The van der Waals surface area contributed by atoms with Crippen molar-refractivity contribution in [3.63, 3.8) is 0 Å². The molecule has 0 saturated carbocycles. The molecule has 0 radical (unpaired) electrons. The van der Waals surface area contributed by atoms with Crippen LogP contribution in [0, 0.1) is 0 Å². The van der Waals surface area contributed by atoms with Gasteiger partial charge >= 0.3 is 12.3 Å². The van der Waals surface area contributed by atoms with E-state index < -0.39 is 17.8 Å². The van der Waals surface area contributed by atoms with E-state index in [0.717, 1.165) is 12.1 Å². The fraction of sp³-hybridized carbons (Fsp3) is 0.200. The van der Waals surface area contributed by atoms with Crippen molar-refractivity contribution in [2.24, 2.45) is 0 Å². The highest BCUT2D eigenvalue weighted by molar-refractivity contribution is 6.46. The van der Waals surface area contributed by atoms with E-state index in [-0.39, 0.29) is 44.3 Å². The Balaban J connectivity index is 2.33. The molecule has 0 spiro atoms. The summed E-state index contributed by atoms with van der Waals surface area (Å²) in [7, 11) is 0. The molecule has 1 amide bonds. The van der Waals surface area contributed by atoms with Crippen LogP contribution in [-0.2, 0) is 6.18 Å². The maximum absolute atomic E-state index is 13.2. The van der Waals surface area contributed by atoms with Crippen LogP contribution in [0.1, 0.15) is 12.5 Å². The first-order valence-corrected chi connectivity index (χ1v) is 7.80. The second-order valence-corrected chi connectivity index (χ2v) is 5.87. The molecule has 2 aromatic heterocycles. The third kappa shape index (κ3) is 3.19. The van der Waals surface area contributed by atoms with E-state index in [1.165, 1.54) is 6.20 Å². The van der Waals surface area contributed by atoms with Gasteiger partial charge in [0.05, 0.1) is 21.1 Å². The standard InChI is InChI=1S/C15H10Cl2F3N3O2/c1-2-21-14(24)25-9-4-6(15(18,19)20)3-7-10-11(17)8(16)5-22-13(10)23-12(7)9/h3-5H,2H2,1H3,(H,21,24)(H,22,23). The van der Waals surface area contributed by atoms with E-state index in [0.29, 0.717) is 0 Å². The van der Waals surface area contributed by atoms with Gasteiger partial charge in [0.2, 0.25) is 0 Å². The topological polar surface area (TPSA) is 67.0 Å². The Morgan fingerprint density at radius 2 is 2.08 bits per heavy atom. The maximum Gasteiger partial charge on any atom is 0.416 e. The Morgan fingerprint density at radius 1 is 1.36 bits per heavy atom. The van der Waals surface area contributed by atoms with Crippen molar-refractivity contribution in [1.82, 2.24) is 15.3 Å². The van der Waals surface area contributed by atoms with Crippen molar-refractivity contribution >= 4 is 51.2 Å². The van der Waals surface area contributed by atoms with Gasteiger partial charge in [-0.15, -0.1) is 0 Å². The summed E-state index contributed by atoms with van der Waals surface area (Å²) in [5, 5.41) is 2.82. The second-order valence-electron chi connectivity index (χ2n) is 5.08. The molecule has 10 heteroatoms. The first-order valence-electron chi connectivity index (χ1n) is 7.04. The van der Waals surface area contributed by atoms with Gasteiger partial charge in [-0.2, -0.15) is 13.2 Å². The van der Waals surface area contributed by atoms with E-state index in [1.54, 1.807) is 6.92 Å². The molecule has 0 aliphatic heterocycles. The highest BCUT2D eigenvalue weighted by atomic mass is 35.5. The molecular weight excluding hydrogens is 382 g/mol. The van der Waals surface area contributed by atoms with Crippen LogP contribution < -0.4 is 10.1 Å². The number of hydrogen-bond donors (Lipinski definition) is 2. The number of H-pyrrole nitrogens is 1. The SMILES string of the molecule is CCNC(=O)Oc1cc(C(F)(F)F)cc2c1[nH]c1ncc(Cl)c(Cl)c12. The van der Waals surface area contributed by atoms with Crippen molar-refractivity contribution in [2.75, 3.05) is 6.54 Å². The first-order chi connectivity index (χ1) is 11.7. The lowest BCUT2D eigenvalue weighted by atomic mass is 10.1. The van der Waals surface area contributed by atoms with Crippen molar-refractivity contribution in [2.45, 2.75) is 13.1 Å². The largest absolute Gasteiger partial charge is 0.416 e. The number of nitrogens with one attached hydrogen (secondary N) is 2. The molecule has 0 saturated heterocycles. The molecule has 0 aliphatic carbocycles. The lowest BCUT2D eigenvalue weighted by molar-refractivity contribution is -0.137. The van der Waals surface area contributed by atoms with Crippen molar-refractivity contribution in [3.05, 3.63) is 33.9 Å². The number of benzene rings is 1. The van der Waals surface area contributed by atoms with Crippen LogP contribution in [0.15, 0.2) is 18.3 Å². The highest BCUT2D eigenvalue weighted by Gasteiger charge is 2.33. The number of alkyl halides is 3. The first kappa shape index (κ1) is 17.6. The summed E-state index contributed by atoms with van der Waals surface area (Å²) < 4.78 is 44.7. The van der Waals surface area contributed by atoms with Crippen LogP contribution in [0.25, 0.3) is 21.9 Å². The molecule has 0 fully saturated rings. The number of aromatic nitrogens is 2. The Kier molecular flexibility index (Phi) is 4.42. The van der Waals surface area contributed by atoms with Gasteiger partial charge in [0.15, 0.2) is 5.75 Å². The molecule has 0 bridgehead atoms. The number of aromatic amines is 1. The van der Waals surface area contributed by atoms with Gasteiger partial charge in [-0.25, -0.2) is 9.78 Å². The van der Waals surface area contributed by atoms with Crippen molar-refractivity contribution in [3.8, 4) is 5.75 Å². The quantitative estimate of drug-likeness (QED) is 0.634. The minimum atomic E-state index is -4.64. The van der Waals surface area contributed by atoms with E-state index in [2.05, 4.69) is 15.3 Å². The van der Waals surface area contributed by atoms with E-state index in [4.69, 9.17) is 27.9 Å². The van der Waals surface area contributed by atoms with Crippen LogP contribution in [0.5, 0.6) is 5.75 Å². The lowest BCUT2D eigenvalue weighted by Crippen LogP contribution is -2.26. The van der Waals surface area contributed by atoms with Gasteiger partial charge in [0, 0.05) is 23.5 Å². The maximum atomic E-state index is 13.2. The molecule has 5 nitrogen and oxygen atoms in total. The van der Waals surface area contributed by atoms with Gasteiger partial charge in [-0.3, -0.25) is 0 Å². The number of halogens is 5. The monoisotopic (exact) mass is 391 g/mol. The summed E-state index contributed by atoms with van der Waals surface area (Å²) in [4.78, 5) is 18.5. The average Bonchev–Trinajstić information content (AvgIpc) is 2.90. The van der Waals surface area contributed by atoms with E-state index >= 15 is 0 Å². The van der Waals surface area contributed by atoms with Crippen molar-refractivity contribution < 1.29 is 22.7 Å². The number of nitrogens with zero attached hydrogens (tertiary/aromatic N) is 1. The molecule has 25 heavy (non-hydrogen) atoms. The van der Waals surface area contributed by atoms with Crippen LogP contribution in [0.2, 0.25) is 10.0 Å². The molecule has 3 aromatic rings. The second kappa shape index (κ2) is 6.27. The predicted octanol–water partition coefficient (Wildman–Crippen LogP) is 5.15. The molecule has 0 atom stereocenters. The van der Waals surface area contributed by atoms with E-state index in [9.17, 15) is 18.0 Å². The minimum absolute atomic E-state index is 0.0567. The fourth-order valence-electron chi connectivity index (χ4n) is 2.39. The smallest absolute Gasteiger partial charge is 0.408 e. The number of rotatable bonds is 2. The Bertz CT molecular complexity index is 986. The highest BCUT2D eigenvalue weighted by Crippen LogP contribution is 2.41. The van der Waals surface area contributed by atoms with Gasteiger partial charge in [-0.05, 0) is 19.1 Å². The summed E-state index contributed by atoms with van der Waals surface area (Å²) in [5.41, 5.74) is -0.605. The number of ether oxygens (including phenoxy) is 1. The van der Waals surface area contributed by atoms with Crippen LogP contribution >= 0.6 is 23.2 Å². The Morgan fingerprint density at radius 3 is 2.72 bits per heavy atom. The van der Waals surface area contributed by atoms with Crippen LogP contribution in [0.3, 0.4) is 0 Å². The Labute approximate surface area is 149 Å². The molecule has 132 valence electrons. The number of pyridine rings is 1. The summed E-state index contributed by atoms with van der Waals surface area (Å²) in [6.07, 6.45) is -4.24. The molecule has 1 aromatic carbocycles. The van der Waals surface area contributed by atoms with Gasteiger partial charge in [0.1, 0.15) is 5.65 Å². The molecular formula is C15H10Cl2F3N3O2. The van der Waals surface area contributed by atoms with E-state index in [1.807, 2.05) is 0 Å². The third-order valence-corrected chi connectivity index (χ3v) is 4.21. The summed E-state index contributed by atoms with van der Waals surface area (Å²) in [6, 6.07) is 1.64. The number of amides is 1. The zero-order valence-corrected chi connectivity index (χ0v) is 14.1. The zero-order valence-electron chi connectivity index (χ0n) is 12.6. The summed E-state index contributed by atoms with van der Waals surface area (Å²) >= 11 is 12.0. The number of hydrogen-bond acceptors (Lipinski definition) is 3. The molecule has 0 aliphatic rings. The van der Waals surface area contributed by atoms with Gasteiger partial charge < -0.3 is 15.0 Å². The predicted molar refractivity (Wildman–Crippen MR) is 88.3 cm³/mol. The number of carbonyl (C=O) groups excluding carboxylic acids is 1. The van der Waals surface area contributed by atoms with Gasteiger partial charge in [-0.1, -0.05) is 23.2 Å². The third-order valence-electron chi connectivity index (χ3n) is 3.44.